The number of hydrogen-bond donors (Lipinski definition) is 2. The van der Waals surface area contributed by atoms with E-state index >= 15 is 0 Å². The van der Waals surface area contributed by atoms with Crippen LogP contribution in [0.5, 0.6) is 0 Å². The molecule has 0 fully saturated rings. The largest absolute Gasteiger partial charge is 0.325 e. The molecule has 1 aromatic heterocycles. The van der Waals surface area contributed by atoms with Crippen molar-refractivity contribution in [3.63, 3.8) is 0 Å². The number of aromatic nitrogens is 2. The molecule has 1 heterocycles. The molecule has 0 spiro atoms. The van der Waals surface area contributed by atoms with Gasteiger partial charge < -0.3 is 5.32 Å². The van der Waals surface area contributed by atoms with E-state index in [1.165, 1.54) is 23.5 Å². The Hall–Kier alpha value is -2.07. The minimum Gasteiger partial charge on any atom is -0.305 e. The molecule has 0 bridgehead atoms. The van der Waals surface area contributed by atoms with Gasteiger partial charge >= 0.3 is 6.03 Å². The Morgan fingerprint density at radius 1 is 1.04 bits per heavy atom. The SMILES string of the molecule is O=C(Nc1nnc(-c2ccccc2I)s1)Nc1ccccc1F. The first-order chi connectivity index (χ1) is 11.1. The molecule has 0 atom stereocenters. The number of para-hydroxylation sites is 1. The minimum atomic E-state index is -0.569. The van der Waals surface area contributed by atoms with E-state index in [0.717, 1.165) is 9.13 Å². The summed E-state index contributed by atoms with van der Waals surface area (Å²) in [4.78, 5) is 11.9. The van der Waals surface area contributed by atoms with E-state index < -0.39 is 11.8 Å². The van der Waals surface area contributed by atoms with Crippen LogP contribution in [0.2, 0.25) is 0 Å². The summed E-state index contributed by atoms with van der Waals surface area (Å²) in [6, 6.07) is 13.1. The highest BCUT2D eigenvalue weighted by Crippen LogP contribution is 2.29. The predicted octanol–water partition coefficient (Wildman–Crippen LogP) is 4.59. The Morgan fingerprint density at radius 3 is 2.57 bits per heavy atom. The number of halogens is 2. The lowest BCUT2D eigenvalue weighted by Crippen LogP contribution is -2.19. The second-order valence-corrected chi connectivity index (χ2v) is 6.59. The Labute approximate surface area is 149 Å². The Bertz CT molecular complexity index is 855. The third-order valence-electron chi connectivity index (χ3n) is 2.87. The van der Waals surface area contributed by atoms with Gasteiger partial charge in [-0.25, -0.2) is 9.18 Å². The Morgan fingerprint density at radius 2 is 1.78 bits per heavy atom. The minimum absolute atomic E-state index is 0.104. The molecule has 3 aromatic rings. The summed E-state index contributed by atoms with van der Waals surface area (Å²) < 4.78 is 14.5. The molecular formula is C15H10FIN4OS. The third-order valence-corrected chi connectivity index (χ3v) is 4.68. The van der Waals surface area contributed by atoms with Crippen molar-refractivity contribution in [2.75, 3.05) is 10.6 Å². The maximum Gasteiger partial charge on any atom is 0.325 e. The van der Waals surface area contributed by atoms with E-state index in [0.29, 0.717) is 10.1 Å². The number of nitrogens with zero attached hydrogens (tertiary/aromatic N) is 2. The molecule has 8 heteroatoms. The van der Waals surface area contributed by atoms with Crippen LogP contribution in [-0.2, 0) is 0 Å². The summed E-state index contributed by atoms with van der Waals surface area (Å²) >= 11 is 3.47. The summed E-state index contributed by atoms with van der Waals surface area (Å²) in [6.45, 7) is 0. The first-order valence-electron chi connectivity index (χ1n) is 6.54. The summed E-state index contributed by atoms with van der Waals surface area (Å²) in [6.07, 6.45) is 0. The number of nitrogens with one attached hydrogen (secondary N) is 2. The smallest absolute Gasteiger partial charge is 0.305 e. The topological polar surface area (TPSA) is 66.9 Å². The van der Waals surface area contributed by atoms with Crippen molar-refractivity contribution in [2.45, 2.75) is 0 Å². The van der Waals surface area contributed by atoms with Gasteiger partial charge in [0.05, 0.1) is 5.69 Å². The number of urea groups is 1. The van der Waals surface area contributed by atoms with Crippen LogP contribution in [0.15, 0.2) is 48.5 Å². The van der Waals surface area contributed by atoms with Crippen molar-refractivity contribution < 1.29 is 9.18 Å². The van der Waals surface area contributed by atoms with E-state index in [1.807, 2.05) is 24.3 Å². The molecule has 2 aromatic carbocycles. The van der Waals surface area contributed by atoms with Crippen molar-refractivity contribution >= 4 is 50.8 Å². The zero-order valence-corrected chi connectivity index (χ0v) is 14.6. The molecule has 2 amide bonds. The number of benzene rings is 2. The van der Waals surface area contributed by atoms with Crippen LogP contribution in [0.3, 0.4) is 0 Å². The van der Waals surface area contributed by atoms with Crippen molar-refractivity contribution in [3.8, 4) is 10.6 Å². The van der Waals surface area contributed by atoms with Crippen LogP contribution in [-0.4, -0.2) is 16.2 Å². The Balaban J connectivity index is 1.71. The molecule has 0 radical (unpaired) electrons. The van der Waals surface area contributed by atoms with E-state index in [1.54, 1.807) is 12.1 Å². The molecule has 116 valence electrons. The van der Waals surface area contributed by atoms with E-state index in [2.05, 4.69) is 43.4 Å². The average Bonchev–Trinajstić information content (AvgIpc) is 2.98. The lowest BCUT2D eigenvalue weighted by molar-refractivity contribution is 0.262. The zero-order valence-electron chi connectivity index (χ0n) is 11.6. The molecule has 5 nitrogen and oxygen atoms in total. The summed E-state index contributed by atoms with van der Waals surface area (Å²) in [7, 11) is 0. The van der Waals surface area contributed by atoms with Crippen molar-refractivity contribution in [1.82, 2.24) is 10.2 Å². The van der Waals surface area contributed by atoms with Crippen LogP contribution in [0.4, 0.5) is 20.0 Å². The van der Waals surface area contributed by atoms with Gasteiger partial charge in [-0.1, -0.05) is 41.7 Å². The first-order valence-corrected chi connectivity index (χ1v) is 8.44. The molecule has 0 saturated carbocycles. The highest BCUT2D eigenvalue weighted by Gasteiger charge is 2.12. The summed E-state index contributed by atoms with van der Waals surface area (Å²) in [5.74, 6) is -0.501. The first kappa shape index (κ1) is 15.8. The fraction of sp³-hybridized carbons (Fsp3) is 0. The van der Waals surface area contributed by atoms with Crippen molar-refractivity contribution in [3.05, 3.63) is 57.9 Å². The zero-order chi connectivity index (χ0) is 16.2. The second kappa shape index (κ2) is 7.01. The van der Waals surface area contributed by atoms with E-state index in [9.17, 15) is 9.18 Å². The molecular weight excluding hydrogens is 430 g/mol. The van der Waals surface area contributed by atoms with Crippen LogP contribution < -0.4 is 10.6 Å². The highest BCUT2D eigenvalue weighted by atomic mass is 127. The number of hydrogen-bond acceptors (Lipinski definition) is 4. The second-order valence-electron chi connectivity index (χ2n) is 4.45. The van der Waals surface area contributed by atoms with Gasteiger partial charge in [0.25, 0.3) is 0 Å². The summed E-state index contributed by atoms with van der Waals surface area (Å²) in [5, 5.41) is 14.0. The Kier molecular flexibility index (Phi) is 4.82. The quantitative estimate of drug-likeness (QED) is 0.586. The number of amides is 2. The van der Waals surface area contributed by atoms with Gasteiger partial charge in [-0.2, -0.15) is 0 Å². The number of rotatable bonds is 3. The van der Waals surface area contributed by atoms with Gasteiger partial charge in [0.2, 0.25) is 5.13 Å². The normalized spacial score (nSPS) is 10.3. The maximum atomic E-state index is 13.5. The fourth-order valence-electron chi connectivity index (χ4n) is 1.83. The number of carbonyl (C=O) groups excluding carboxylic acids is 1. The molecule has 0 aliphatic carbocycles. The molecule has 0 saturated heterocycles. The van der Waals surface area contributed by atoms with E-state index in [4.69, 9.17) is 0 Å². The van der Waals surface area contributed by atoms with Crippen LogP contribution >= 0.6 is 33.9 Å². The highest BCUT2D eigenvalue weighted by molar-refractivity contribution is 14.1. The fourth-order valence-corrected chi connectivity index (χ4v) is 3.43. The standard InChI is InChI=1S/C15H10FIN4OS/c16-10-6-2-4-8-12(10)18-14(22)19-15-21-20-13(23-15)9-5-1-3-7-11(9)17/h1-8H,(H2,18,19,21,22). The predicted molar refractivity (Wildman–Crippen MR) is 97.1 cm³/mol. The molecule has 0 aliphatic rings. The molecule has 23 heavy (non-hydrogen) atoms. The number of carbonyl (C=O) groups is 1. The van der Waals surface area contributed by atoms with Crippen LogP contribution in [0, 0.1) is 9.39 Å². The summed E-state index contributed by atoms with van der Waals surface area (Å²) in [5.41, 5.74) is 1.06. The molecule has 2 N–H and O–H groups in total. The van der Waals surface area contributed by atoms with Crippen molar-refractivity contribution in [1.29, 1.82) is 0 Å². The van der Waals surface area contributed by atoms with E-state index in [-0.39, 0.29) is 5.69 Å². The van der Waals surface area contributed by atoms with Crippen LogP contribution in [0.25, 0.3) is 10.6 Å². The lowest BCUT2D eigenvalue weighted by atomic mass is 10.2. The maximum absolute atomic E-state index is 13.5. The molecule has 0 unspecified atom stereocenters. The van der Waals surface area contributed by atoms with Crippen LogP contribution in [0.1, 0.15) is 0 Å². The van der Waals surface area contributed by atoms with Gasteiger partial charge in [-0.05, 0) is 40.8 Å². The average molecular weight is 440 g/mol. The van der Waals surface area contributed by atoms with Gasteiger partial charge in [-0.15, -0.1) is 10.2 Å². The van der Waals surface area contributed by atoms with Gasteiger partial charge in [-0.3, -0.25) is 5.32 Å². The molecule has 3 rings (SSSR count). The number of anilines is 2. The monoisotopic (exact) mass is 440 g/mol. The molecule has 0 aliphatic heterocycles. The van der Waals surface area contributed by atoms with Crippen molar-refractivity contribution in [2.24, 2.45) is 0 Å². The van der Waals surface area contributed by atoms with Gasteiger partial charge in [0.15, 0.2) is 5.01 Å². The van der Waals surface area contributed by atoms with Gasteiger partial charge in [0, 0.05) is 9.13 Å². The lowest BCUT2D eigenvalue weighted by Gasteiger charge is -2.05. The third kappa shape index (κ3) is 3.82. The van der Waals surface area contributed by atoms with Gasteiger partial charge in [0.1, 0.15) is 5.82 Å².